The molecule has 0 aliphatic carbocycles. The first-order valence-electron chi connectivity index (χ1n) is 8.42. The quantitative estimate of drug-likeness (QED) is 0.854. The molecule has 2 fully saturated rings. The summed E-state index contributed by atoms with van der Waals surface area (Å²) in [7, 11) is 0. The third kappa shape index (κ3) is 4.74. The van der Waals surface area contributed by atoms with Crippen LogP contribution < -0.4 is 5.32 Å². The topological polar surface area (TPSA) is 35.6 Å². The zero-order chi connectivity index (χ0) is 14.4. The Morgan fingerprint density at radius 1 is 1.05 bits per heavy atom. The Kier molecular flexibility index (Phi) is 6.30. The van der Waals surface area contributed by atoms with Crippen LogP contribution in [0.15, 0.2) is 0 Å². The van der Waals surface area contributed by atoms with Gasteiger partial charge in [-0.25, -0.2) is 0 Å². The number of likely N-dealkylation sites (tertiary alicyclic amines) is 2. The Balaban J connectivity index is 1.69. The van der Waals surface area contributed by atoms with Gasteiger partial charge in [0.25, 0.3) is 0 Å². The molecule has 0 aromatic rings. The molecular formula is C16H31N3O. The standard InChI is InChI=1S/C16H31N3O/c1-14(2)18-11-6-7-15(8-12-18)17-13-16(20)19-9-4-3-5-10-19/h14-15,17H,3-13H2,1-2H3. The lowest BCUT2D eigenvalue weighted by Crippen LogP contribution is -2.44. The van der Waals surface area contributed by atoms with Crippen molar-refractivity contribution in [1.29, 1.82) is 0 Å². The van der Waals surface area contributed by atoms with Crippen molar-refractivity contribution in [3.05, 3.63) is 0 Å². The van der Waals surface area contributed by atoms with Crippen LogP contribution in [0.1, 0.15) is 52.4 Å². The van der Waals surface area contributed by atoms with Gasteiger partial charge in [-0.3, -0.25) is 4.79 Å². The number of piperidine rings is 1. The number of amides is 1. The molecule has 116 valence electrons. The fraction of sp³-hybridized carbons (Fsp3) is 0.938. The van der Waals surface area contributed by atoms with Gasteiger partial charge in [0.05, 0.1) is 6.54 Å². The van der Waals surface area contributed by atoms with Crippen molar-refractivity contribution < 1.29 is 4.79 Å². The summed E-state index contributed by atoms with van der Waals surface area (Å²) in [5.41, 5.74) is 0. The fourth-order valence-electron chi connectivity index (χ4n) is 3.33. The van der Waals surface area contributed by atoms with Crippen LogP contribution in [0.3, 0.4) is 0 Å². The molecule has 2 heterocycles. The van der Waals surface area contributed by atoms with Gasteiger partial charge in [-0.15, -0.1) is 0 Å². The molecule has 1 N–H and O–H groups in total. The molecular weight excluding hydrogens is 250 g/mol. The second-order valence-corrected chi connectivity index (χ2v) is 6.58. The number of nitrogens with one attached hydrogen (secondary N) is 1. The second kappa shape index (κ2) is 7.99. The highest BCUT2D eigenvalue weighted by atomic mass is 16.2. The van der Waals surface area contributed by atoms with Crippen LogP contribution in [0.5, 0.6) is 0 Å². The van der Waals surface area contributed by atoms with E-state index in [1.165, 1.54) is 45.1 Å². The molecule has 2 aliphatic heterocycles. The van der Waals surface area contributed by atoms with E-state index in [-0.39, 0.29) is 0 Å². The smallest absolute Gasteiger partial charge is 0.236 e. The first-order chi connectivity index (χ1) is 9.66. The van der Waals surface area contributed by atoms with Gasteiger partial charge in [-0.1, -0.05) is 0 Å². The number of hydrogen-bond acceptors (Lipinski definition) is 3. The van der Waals surface area contributed by atoms with Crippen LogP contribution in [-0.2, 0) is 4.79 Å². The summed E-state index contributed by atoms with van der Waals surface area (Å²) in [6.07, 6.45) is 7.26. The number of nitrogens with zero attached hydrogens (tertiary/aromatic N) is 2. The summed E-state index contributed by atoms with van der Waals surface area (Å²) in [5.74, 6) is 0.301. The molecule has 20 heavy (non-hydrogen) atoms. The summed E-state index contributed by atoms with van der Waals surface area (Å²) in [5, 5.41) is 3.50. The highest BCUT2D eigenvalue weighted by Gasteiger charge is 2.21. The Hall–Kier alpha value is -0.610. The molecule has 2 aliphatic rings. The van der Waals surface area contributed by atoms with Crippen molar-refractivity contribution in [2.75, 3.05) is 32.7 Å². The van der Waals surface area contributed by atoms with Gasteiger partial charge in [0, 0.05) is 25.2 Å². The SMILES string of the molecule is CC(C)N1CCCC(NCC(=O)N2CCCCC2)CC1. The third-order valence-corrected chi connectivity index (χ3v) is 4.74. The molecule has 0 aromatic carbocycles. The van der Waals surface area contributed by atoms with E-state index >= 15 is 0 Å². The van der Waals surface area contributed by atoms with Gasteiger partial charge in [-0.2, -0.15) is 0 Å². The van der Waals surface area contributed by atoms with E-state index in [9.17, 15) is 4.79 Å². The Labute approximate surface area is 123 Å². The van der Waals surface area contributed by atoms with Gasteiger partial charge in [0.1, 0.15) is 0 Å². The highest BCUT2D eigenvalue weighted by Crippen LogP contribution is 2.13. The maximum Gasteiger partial charge on any atom is 0.236 e. The molecule has 0 spiro atoms. The lowest BCUT2D eigenvalue weighted by molar-refractivity contribution is -0.131. The monoisotopic (exact) mass is 281 g/mol. The molecule has 1 atom stereocenters. The van der Waals surface area contributed by atoms with Gasteiger partial charge >= 0.3 is 0 Å². The zero-order valence-electron chi connectivity index (χ0n) is 13.2. The first kappa shape index (κ1) is 15.8. The van der Waals surface area contributed by atoms with Crippen LogP contribution in [0.4, 0.5) is 0 Å². The highest BCUT2D eigenvalue weighted by molar-refractivity contribution is 5.78. The molecule has 0 aromatic heterocycles. The lowest BCUT2D eigenvalue weighted by Gasteiger charge is -2.28. The van der Waals surface area contributed by atoms with E-state index in [1.807, 2.05) is 4.90 Å². The van der Waals surface area contributed by atoms with Gasteiger partial charge in [0.2, 0.25) is 5.91 Å². The van der Waals surface area contributed by atoms with Crippen LogP contribution in [-0.4, -0.2) is 60.5 Å². The molecule has 1 amide bonds. The van der Waals surface area contributed by atoms with Gasteiger partial charge in [-0.05, 0) is 65.5 Å². The summed E-state index contributed by atoms with van der Waals surface area (Å²) in [6, 6.07) is 1.16. The fourth-order valence-corrected chi connectivity index (χ4v) is 3.33. The van der Waals surface area contributed by atoms with Crippen LogP contribution >= 0.6 is 0 Å². The summed E-state index contributed by atoms with van der Waals surface area (Å²) in [4.78, 5) is 16.7. The first-order valence-corrected chi connectivity index (χ1v) is 8.42. The van der Waals surface area contributed by atoms with Crippen molar-refractivity contribution in [2.45, 2.75) is 64.5 Å². The predicted octanol–water partition coefficient (Wildman–Crippen LogP) is 1.85. The average Bonchev–Trinajstić information content (AvgIpc) is 2.71. The summed E-state index contributed by atoms with van der Waals surface area (Å²) >= 11 is 0. The van der Waals surface area contributed by atoms with Crippen molar-refractivity contribution in [3.63, 3.8) is 0 Å². The third-order valence-electron chi connectivity index (χ3n) is 4.74. The molecule has 1 unspecified atom stereocenters. The number of carbonyl (C=O) groups excluding carboxylic acids is 1. The van der Waals surface area contributed by atoms with E-state index < -0.39 is 0 Å². The maximum atomic E-state index is 12.2. The molecule has 0 radical (unpaired) electrons. The summed E-state index contributed by atoms with van der Waals surface area (Å²) < 4.78 is 0. The van der Waals surface area contributed by atoms with Crippen LogP contribution in [0, 0.1) is 0 Å². The Morgan fingerprint density at radius 3 is 2.50 bits per heavy atom. The number of rotatable bonds is 4. The Morgan fingerprint density at radius 2 is 1.80 bits per heavy atom. The minimum absolute atomic E-state index is 0.301. The molecule has 2 saturated heterocycles. The number of hydrogen-bond donors (Lipinski definition) is 1. The normalized spacial score (nSPS) is 25.8. The second-order valence-electron chi connectivity index (χ2n) is 6.58. The van der Waals surface area contributed by atoms with E-state index in [0.717, 1.165) is 19.6 Å². The number of carbonyl (C=O) groups is 1. The van der Waals surface area contributed by atoms with Gasteiger partial charge < -0.3 is 15.1 Å². The molecule has 4 heteroatoms. The average molecular weight is 281 g/mol. The molecule has 2 rings (SSSR count). The summed E-state index contributed by atoms with van der Waals surface area (Å²) in [6.45, 7) is 9.37. The van der Waals surface area contributed by atoms with Gasteiger partial charge in [0.15, 0.2) is 0 Å². The maximum absolute atomic E-state index is 12.2. The van der Waals surface area contributed by atoms with E-state index in [2.05, 4.69) is 24.1 Å². The van der Waals surface area contributed by atoms with Crippen LogP contribution in [0.2, 0.25) is 0 Å². The Bertz CT molecular complexity index is 300. The zero-order valence-corrected chi connectivity index (χ0v) is 13.2. The predicted molar refractivity (Wildman–Crippen MR) is 82.8 cm³/mol. The van der Waals surface area contributed by atoms with E-state index in [0.29, 0.717) is 24.5 Å². The lowest BCUT2D eigenvalue weighted by atomic mass is 10.1. The largest absolute Gasteiger partial charge is 0.342 e. The minimum atomic E-state index is 0.301. The van der Waals surface area contributed by atoms with E-state index in [1.54, 1.807) is 0 Å². The molecule has 0 saturated carbocycles. The van der Waals surface area contributed by atoms with Crippen LogP contribution in [0.25, 0.3) is 0 Å². The minimum Gasteiger partial charge on any atom is -0.342 e. The van der Waals surface area contributed by atoms with Crippen molar-refractivity contribution >= 4 is 5.91 Å². The van der Waals surface area contributed by atoms with Crippen molar-refractivity contribution in [1.82, 2.24) is 15.1 Å². The van der Waals surface area contributed by atoms with Crippen molar-refractivity contribution in [2.24, 2.45) is 0 Å². The molecule has 4 nitrogen and oxygen atoms in total. The van der Waals surface area contributed by atoms with Crippen molar-refractivity contribution in [3.8, 4) is 0 Å². The van der Waals surface area contributed by atoms with E-state index in [4.69, 9.17) is 0 Å². The molecule has 0 bridgehead atoms.